The van der Waals surface area contributed by atoms with E-state index in [1.165, 1.54) is 12.5 Å². The molecule has 2 aliphatic heterocycles. The van der Waals surface area contributed by atoms with Gasteiger partial charge in [0.05, 0.1) is 10.7 Å². The molecule has 7 nitrogen and oxygen atoms in total. The molecule has 1 amide bonds. The second kappa shape index (κ2) is 9.68. The lowest BCUT2D eigenvalue weighted by Gasteiger charge is -2.31. The summed E-state index contributed by atoms with van der Waals surface area (Å²) < 4.78 is 39.8. The fourth-order valence-electron chi connectivity index (χ4n) is 4.66. The van der Waals surface area contributed by atoms with Crippen LogP contribution in [0.2, 0.25) is 0 Å². The minimum absolute atomic E-state index is 0.105. The normalized spacial score (nSPS) is 18.9. The predicted octanol–water partition coefficient (Wildman–Crippen LogP) is 5.25. The van der Waals surface area contributed by atoms with Gasteiger partial charge in [0.2, 0.25) is 5.91 Å². The number of hydrogen-bond donors (Lipinski definition) is 0. The van der Waals surface area contributed by atoms with Crippen molar-refractivity contribution in [3.05, 3.63) is 68.9 Å². The molecule has 0 aliphatic carbocycles. The van der Waals surface area contributed by atoms with Crippen LogP contribution in [0.15, 0.2) is 40.9 Å². The zero-order chi connectivity index (χ0) is 25.4. The molecule has 1 fully saturated rings. The Hall–Kier alpha value is -3.21. The van der Waals surface area contributed by atoms with Crippen LogP contribution in [-0.2, 0) is 22.4 Å². The van der Waals surface area contributed by atoms with Gasteiger partial charge in [0.1, 0.15) is 12.3 Å². The van der Waals surface area contributed by atoms with Crippen molar-refractivity contribution in [1.82, 2.24) is 19.7 Å². The van der Waals surface area contributed by atoms with Crippen LogP contribution in [0, 0.1) is 13.8 Å². The summed E-state index contributed by atoms with van der Waals surface area (Å²) in [7, 11) is 0. The quantitative estimate of drug-likeness (QED) is 0.464. The molecule has 36 heavy (non-hydrogen) atoms. The number of alkyl halides is 3. The highest BCUT2D eigenvalue weighted by atomic mass is 32.1. The Morgan fingerprint density at radius 3 is 2.64 bits per heavy atom. The standard InChI is InChI=1S/C25H26F3N5O2S/c1-15-5-3-4-6-18(15)21-12-19(31-35-21)20-14-36-24(29-20)17-7-9-32(10-8-17)23(34)13-33-16(2)11-22(30-33)25(26,27)28/h3-6,11,14,17,21H,7-10,12-13H2,1-2H3/t21-/m1/s1. The number of amides is 1. The number of carbonyl (C=O) groups excluding carboxylic acids is 1. The molecule has 5 rings (SSSR count). The summed E-state index contributed by atoms with van der Waals surface area (Å²) in [5.41, 5.74) is 3.30. The van der Waals surface area contributed by atoms with Crippen LogP contribution in [0.1, 0.15) is 64.5 Å². The SMILES string of the molecule is Cc1ccccc1[C@H]1CC(c2csc(C3CCN(C(=O)Cn4nc(C(F)(F)F)cc4C)CC3)n2)=NO1. The van der Waals surface area contributed by atoms with Crippen molar-refractivity contribution in [3.8, 4) is 0 Å². The maximum atomic E-state index is 12.9. The van der Waals surface area contributed by atoms with Gasteiger partial charge in [0.25, 0.3) is 0 Å². The second-order valence-electron chi connectivity index (χ2n) is 9.25. The number of benzene rings is 1. The first-order chi connectivity index (χ1) is 17.2. The third-order valence-electron chi connectivity index (χ3n) is 6.78. The summed E-state index contributed by atoms with van der Waals surface area (Å²) in [6.07, 6.45) is -2.46. The minimum Gasteiger partial charge on any atom is -0.387 e. The molecule has 0 N–H and O–H groups in total. The molecule has 2 aliphatic rings. The highest BCUT2D eigenvalue weighted by molar-refractivity contribution is 7.10. The minimum atomic E-state index is -4.53. The molecule has 0 bridgehead atoms. The molecule has 0 spiro atoms. The molecule has 2 aromatic heterocycles. The lowest BCUT2D eigenvalue weighted by Crippen LogP contribution is -2.40. The van der Waals surface area contributed by atoms with E-state index >= 15 is 0 Å². The molecule has 1 aromatic carbocycles. The zero-order valence-electron chi connectivity index (χ0n) is 20.0. The Bertz CT molecular complexity index is 1290. The molecule has 1 saturated heterocycles. The van der Waals surface area contributed by atoms with Crippen molar-refractivity contribution in [2.75, 3.05) is 13.1 Å². The lowest BCUT2D eigenvalue weighted by molar-refractivity contribution is -0.142. The van der Waals surface area contributed by atoms with Gasteiger partial charge in [-0.2, -0.15) is 18.3 Å². The summed E-state index contributed by atoms with van der Waals surface area (Å²) in [6, 6.07) is 9.08. The summed E-state index contributed by atoms with van der Waals surface area (Å²) >= 11 is 1.59. The molecule has 3 aromatic rings. The van der Waals surface area contributed by atoms with Crippen LogP contribution in [0.5, 0.6) is 0 Å². The summed E-state index contributed by atoms with van der Waals surface area (Å²) in [6.45, 7) is 4.44. The Morgan fingerprint density at radius 1 is 1.19 bits per heavy atom. The van der Waals surface area contributed by atoms with E-state index in [-0.39, 0.29) is 24.5 Å². The highest BCUT2D eigenvalue weighted by Crippen LogP contribution is 2.34. The van der Waals surface area contributed by atoms with E-state index in [0.29, 0.717) is 25.2 Å². The molecule has 0 radical (unpaired) electrons. The predicted molar refractivity (Wildman–Crippen MR) is 129 cm³/mol. The fourth-order valence-corrected chi connectivity index (χ4v) is 5.66. The first-order valence-corrected chi connectivity index (χ1v) is 12.7. The van der Waals surface area contributed by atoms with Crippen molar-refractivity contribution < 1.29 is 22.8 Å². The van der Waals surface area contributed by atoms with Crippen LogP contribution >= 0.6 is 11.3 Å². The fraction of sp³-hybridized carbons (Fsp3) is 0.440. The largest absolute Gasteiger partial charge is 0.435 e. The monoisotopic (exact) mass is 517 g/mol. The van der Waals surface area contributed by atoms with Crippen molar-refractivity contribution in [3.63, 3.8) is 0 Å². The Morgan fingerprint density at radius 2 is 1.94 bits per heavy atom. The first-order valence-electron chi connectivity index (χ1n) is 11.8. The molecular formula is C25H26F3N5O2S. The maximum absolute atomic E-state index is 12.9. The summed E-state index contributed by atoms with van der Waals surface area (Å²) in [4.78, 5) is 24.9. The smallest absolute Gasteiger partial charge is 0.387 e. The number of thiazole rings is 1. The number of likely N-dealkylation sites (tertiary alicyclic amines) is 1. The van der Waals surface area contributed by atoms with Crippen LogP contribution in [0.3, 0.4) is 0 Å². The third-order valence-corrected chi connectivity index (χ3v) is 7.78. The number of nitrogens with zero attached hydrogens (tertiary/aromatic N) is 5. The van der Waals surface area contributed by atoms with E-state index in [2.05, 4.69) is 29.3 Å². The Kier molecular flexibility index (Phi) is 6.59. The van der Waals surface area contributed by atoms with E-state index in [9.17, 15) is 18.0 Å². The number of rotatable bonds is 5. The van der Waals surface area contributed by atoms with E-state index in [4.69, 9.17) is 9.82 Å². The molecule has 4 heterocycles. The summed E-state index contributed by atoms with van der Waals surface area (Å²) in [5.74, 6) is -0.000864. The van der Waals surface area contributed by atoms with E-state index in [1.807, 2.05) is 17.5 Å². The van der Waals surface area contributed by atoms with Gasteiger partial charge in [-0.05, 0) is 43.9 Å². The van der Waals surface area contributed by atoms with E-state index < -0.39 is 11.9 Å². The van der Waals surface area contributed by atoms with Crippen LogP contribution in [-0.4, -0.2) is 44.4 Å². The van der Waals surface area contributed by atoms with Gasteiger partial charge in [-0.1, -0.05) is 29.4 Å². The zero-order valence-corrected chi connectivity index (χ0v) is 20.8. The maximum Gasteiger partial charge on any atom is 0.435 e. The molecule has 0 saturated carbocycles. The Balaban J connectivity index is 1.16. The van der Waals surface area contributed by atoms with Gasteiger partial charge in [0.15, 0.2) is 11.8 Å². The van der Waals surface area contributed by atoms with Gasteiger partial charge >= 0.3 is 6.18 Å². The van der Waals surface area contributed by atoms with Gasteiger partial charge in [-0.3, -0.25) is 9.48 Å². The number of oxime groups is 1. The van der Waals surface area contributed by atoms with Crippen molar-refractivity contribution in [1.29, 1.82) is 0 Å². The third kappa shape index (κ3) is 5.02. The molecular weight excluding hydrogens is 491 g/mol. The molecule has 0 unspecified atom stereocenters. The van der Waals surface area contributed by atoms with Crippen LogP contribution < -0.4 is 0 Å². The Labute approximate surface area is 210 Å². The van der Waals surface area contributed by atoms with Gasteiger partial charge in [0, 0.05) is 36.5 Å². The number of piperidine rings is 1. The lowest BCUT2D eigenvalue weighted by atomic mass is 9.97. The number of halogens is 3. The van der Waals surface area contributed by atoms with Gasteiger partial charge in [-0.25, -0.2) is 4.98 Å². The van der Waals surface area contributed by atoms with E-state index in [0.717, 1.165) is 45.6 Å². The van der Waals surface area contributed by atoms with Gasteiger partial charge < -0.3 is 9.74 Å². The van der Waals surface area contributed by atoms with Crippen molar-refractivity contribution >= 4 is 23.0 Å². The van der Waals surface area contributed by atoms with Crippen molar-refractivity contribution in [2.45, 2.75) is 57.9 Å². The average Bonchev–Trinajstić information content (AvgIpc) is 3.59. The van der Waals surface area contributed by atoms with Crippen LogP contribution in [0.25, 0.3) is 0 Å². The van der Waals surface area contributed by atoms with E-state index in [1.54, 1.807) is 16.2 Å². The topological polar surface area (TPSA) is 72.6 Å². The number of carbonyl (C=O) groups is 1. The number of aromatic nitrogens is 3. The highest BCUT2D eigenvalue weighted by Gasteiger charge is 2.35. The van der Waals surface area contributed by atoms with Crippen molar-refractivity contribution in [2.24, 2.45) is 5.16 Å². The molecule has 190 valence electrons. The average molecular weight is 518 g/mol. The molecule has 1 atom stereocenters. The first kappa shape index (κ1) is 24.5. The van der Waals surface area contributed by atoms with Gasteiger partial charge in [-0.15, -0.1) is 11.3 Å². The number of hydrogen-bond acceptors (Lipinski definition) is 6. The number of aryl methyl sites for hydroxylation is 2. The summed E-state index contributed by atoms with van der Waals surface area (Å²) in [5, 5.41) is 10.9. The second-order valence-corrected chi connectivity index (χ2v) is 10.1. The van der Waals surface area contributed by atoms with Crippen LogP contribution in [0.4, 0.5) is 13.2 Å². The molecule has 11 heteroatoms.